The van der Waals surface area contributed by atoms with Gasteiger partial charge in [0.15, 0.2) is 0 Å². The molecule has 39 heavy (non-hydrogen) atoms. The zero-order valence-electron chi connectivity index (χ0n) is 20.1. The summed E-state index contributed by atoms with van der Waals surface area (Å²) in [5.74, 6) is -0.269. The van der Waals surface area contributed by atoms with Crippen molar-refractivity contribution in [2.45, 2.75) is 6.61 Å². The number of rotatable bonds is 7. The third-order valence-electron chi connectivity index (χ3n) is 5.89. The molecule has 5 rings (SSSR count). The first-order valence-electron chi connectivity index (χ1n) is 11.7. The lowest BCUT2D eigenvalue weighted by molar-refractivity contribution is -0.127. The predicted octanol–water partition coefficient (Wildman–Crippen LogP) is 7.96. The highest BCUT2D eigenvalue weighted by Crippen LogP contribution is 2.35. The van der Waals surface area contributed by atoms with Crippen LogP contribution in [0.1, 0.15) is 11.1 Å². The fraction of sp³-hybridized carbons (Fsp3) is 0.0690. The van der Waals surface area contributed by atoms with Gasteiger partial charge >= 0.3 is 0 Å². The van der Waals surface area contributed by atoms with E-state index < -0.39 is 23.6 Å². The standard InChI is InChI=1S/C29H19ClI2N2O4S/c30-21-10-3-4-11-24(21)33-26(35)15-34-28(36)25(39-29(34)37)14-17-12-22(31)27(23(32)13-17)38-16-19-8-5-7-18-6-1-2-9-20(18)19/h1-14H,15-16H2,(H,33,35)/b25-14+. The molecule has 0 aliphatic carbocycles. The van der Waals surface area contributed by atoms with E-state index >= 15 is 0 Å². The number of halogens is 3. The molecule has 3 amide bonds. The lowest BCUT2D eigenvalue weighted by atomic mass is 10.1. The first-order chi connectivity index (χ1) is 18.8. The van der Waals surface area contributed by atoms with Crippen molar-refractivity contribution in [1.29, 1.82) is 0 Å². The fourth-order valence-electron chi connectivity index (χ4n) is 4.05. The zero-order valence-corrected chi connectivity index (χ0v) is 26.0. The van der Waals surface area contributed by atoms with Crippen molar-refractivity contribution >= 4 is 108 Å². The van der Waals surface area contributed by atoms with Gasteiger partial charge in [0, 0.05) is 0 Å². The highest BCUT2D eigenvalue weighted by atomic mass is 127. The van der Waals surface area contributed by atoms with Crippen LogP contribution in [0.15, 0.2) is 83.8 Å². The van der Waals surface area contributed by atoms with Gasteiger partial charge < -0.3 is 10.1 Å². The molecule has 0 aromatic heterocycles. The molecule has 0 unspecified atom stereocenters. The number of thioether (sulfide) groups is 1. The number of nitrogens with zero attached hydrogens (tertiary/aromatic N) is 1. The Hall–Kier alpha value is -2.61. The van der Waals surface area contributed by atoms with Crippen LogP contribution in [0.4, 0.5) is 10.5 Å². The third kappa shape index (κ3) is 6.42. The number of benzene rings is 4. The second kappa shape index (κ2) is 12.3. The van der Waals surface area contributed by atoms with E-state index in [2.05, 4.69) is 74.8 Å². The highest BCUT2D eigenvalue weighted by molar-refractivity contribution is 14.1. The van der Waals surface area contributed by atoms with Gasteiger partial charge in [-0.1, -0.05) is 66.2 Å². The third-order valence-corrected chi connectivity index (χ3v) is 8.73. The van der Waals surface area contributed by atoms with Crippen LogP contribution in [0, 0.1) is 7.14 Å². The first-order valence-corrected chi connectivity index (χ1v) is 15.0. The van der Waals surface area contributed by atoms with Gasteiger partial charge in [0.25, 0.3) is 11.1 Å². The molecule has 0 atom stereocenters. The molecule has 0 saturated carbocycles. The fourth-order valence-corrected chi connectivity index (χ4v) is 7.20. The Morgan fingerprint density at radius 3 is 2.44 bits per heavy atom. The Labute approximate surface area is 261 Å². The van der Waals surface area contributed by atoms with Gasteiger partial charge in [0.1, 0.15) is 18.9 Å². The second-order valence-corrected chi connectivity index (χ2v) is 12.3. The maximum absolute atomic E-state index is 13.0. The lowest BCUT2D eigenvalue weighted by Gasteiger charge is -2.13. The average Bonchev–Trinajstić information content (AvgIpc) is 3.16. The number of fused-ring (bicyclic) bond motifs is 1. The molecule has 0 bridgehead atoms. The molecular formula is C29H19ClI2N2O4S. The summed E-state index contributed by atoms with van der Waals surface area (Å²) >= 11 is 11.3. The normalized spacial score (nSPS) is 14.3. The van der Waals surface area contributed by atoms with Crippen LogP contribution in [0.25, 0.3) is 16.8 Å². The number of amides is 3. The van der Waals surface area contributed by atoms with Crippen molar-refractivity contribution in [3.8, 4) is 5.75 Å². The van der Waals surface area contributed by atoms with Crippen molar-refractivity contribution in [1.82, 2.24) is 4.90 Å². The SMILES string of the molecule is O=C(CN1C(=O)S/C(=C/c2cc(I)c(OCc3cccc4ccccc34)c(I)c2)C1=O)Nc1ccccc1Cl. The molecule has 6 nitrogen and oxygen atoms in total. The van der Waals surface area contributed by atoms with Crippen molar-refractivity contribution in [2.24, 2.45) is 0 Å². The highest BCUT2D eigenvalue weighted by Gasteiger charge is 2.36. The molecule has 196 valence electrons. The molecule has 0 radical (unpaired) electrons. The van der Waals surface area contributed by atoms with E-state index in [0.29, 0.717) is 17.3 Å². The molecule has 1 N–H and O–H groups in total. The van der Waals surface area contributed by atoms with Crippen LogP contribution in [-0.4, -0.2) is 28.5 Å². The molecule has 4 aromatic carbocycles. The number of anilines is 1. The van der Waals surface area contributed by atoms with Crippen molar-refractivity contribution in [3.63, 3.8) is 0 Å². The number of imide groups is 1. The number of hydrogen-bond donors (Lipinski definition) is 1. The largest absolute Gasteiger partial charge is 0.487 e. The Morgan fingerprint density at radius 1 is 0.974 bits per heavy atom. The number of carbonyl (C=O) groups is 3. The number of carbonyl (C=O) groups excluding carboxylic acids is 3. The summed E-state index contributed by atoms with van der Waals surface area (Å²) in [7, 11) is 0. The van der Waals surface area contributed by atoms with E-state index in [4.69, 9.17) is 16.3 Å². The van der Waals surface area contributed by atoms with Crippen molar-refractivity contribution in [3.05, 3.63) is 107 Å². The summed E-state index contributed by atoms with van der Waals surface area (Å²) in [6.45, 7) is 0.0189. The Morgan fingerprint density at radius 2 is 1.67 bits per heavy atom. The van der Waals surface area contributed by atoms with E-state index in [1.165, 1.54) is 0 Å². The summed E-state index contributed by atoms with van der Waals surface area (Å²) in [5, 5.41) is 4.82. The molecule has 1 heterocycles. The maximum atomic E-state index is 13.0. The van der Waals surface area contributed by atoms with Gasteiger partial charge in [-0.2, -0.15) is 0 Å². The van der Waals surface area contributed by atoms with Crippen LogP contribution in [0.5, 0.6) is 5.75 Å². The van der Waals surface area contributed by atoms with E-state index in [1.54, 1.807) is 30.3 Å². The minimum absolute atomic E-state index is 0.251. The molecule has 1 aliphatic rings. The summed E-state index contributed by atoms with van der Waals surface area (Å²) < 4.78 is 7.98. The van der Waals surface area contributed by atoms with Gasteiger partial charge in [-0.05, 0) is 109 Å². The number of para-hydroxylation sites is 1. The minimum Gasteiger partial charge on any atom is -0.487 e. The predicted molar refractivity (Wildman–Crippen MR) is 173 cm³/mol. The number of hydrogen-bond acceptors (Lipinski definition) is 5. The van der Waals surface area contributed by atoms with Crippen LogP contribution in [-0.2, 0) is 16.2 Å². The molecular weight excluding hydrogens is 762 g/mol. The molecule has 1 aliphatic heterocycles. The van der Waals surface area contributed by atoms with Crippen LogP contribution in [0.3, 0.4) is 0 Å². The molecule has 1 saturated heterocycles. The molecule has 0 spiro atoms. The number of nitrogens with one attached hydrogen (secondary N) is 1. The minimum atomic E-state index is -0.513. The summed E-state index contributed by atoms with van der Waals surface area (Å²) in [5.41, 5.74) is 2.27. The van der Waals surface area contributed by atoms with Crippen molar-refractivity contribution in [2.75, 3.05) is 11.9 Å². The van der Waals surface area contributed by atoms with Crippen LogP contribution >= 0.6 is 68.5 Å². The van der Waals surface area contributed by atoms with Gasteiger partial charge in [0.05, 0.1) is 22.8 Å². The Balaban J connectivity index is 1.28. The number of ether oxygens (including phenoxy) is 1. The second-order valence-electron chi connectivity index (χ2n) is 8.54. The summed E-state index contributed by atoms with van der Waals surface area (Å²) in [6, 6.07) is 24.9. The van der Waals surface area contributed by atoms with Crippen LogP contribution in [0.2, 0.25) is 5.02 Å². The van der Waals surface area contributed by atoms with Gasteiger partial charge in [-0.25, -0.2) is 0 Å². The molecule has 1 fully saturated rings. The van der Waals surface area contributed by atoms with E-state index in [1.807, 2.05) is 30.3 Å². The quantitative estimate of drug-likeness (QED) is 0.152. The zero-order chi connectivity index (χ0) is 27.5. The lowest BCUT2D eigenvalue weighted by Crippen LogP contribution is -2.36. The van der Waals surface area contributed by atoms with E-state index in [-0.39, 0.29) is 4.91 Å². The van der Waals surface area contributed by atoms with Crippen molar-refractivity contribution < 1.29 is 19.1 Å². The maximum Gasteiger partial charge on any atom is 0.294 e. The van der Waals surface area contributed by atoms with E-state index in [9.17, 15) is 14.4 Å². The summed E-state index contributed by atoms with van der Waals surface area (Å²) in [6.07, 6.45) is 1.66. The van der Waals surface area contributed by atoms with Gasteiger partial charge in [-0.15, -0.1) is 0 Å². The smallest absolute Gasteiger partial charge is 0.294 e. The van der Waals surface area contributed by atoms with E-state index in [0.717, 1.165) is 51.5 Å². The summed E-state index contributed by atoms with van der Waals surface area (Å²) in [4.78, 5) is 39.2. The monoisotopic (exact) mass is 780 g/mol. The van der Waals surface area contributed by atoms with Gasteiger partial charge in [-0.3, -0.25) is 19.3 Å². The van der Waals surface area contributed by atoms with Gasteiger partial charge in [0.2, 0.25) is 5.91 Å². The Kier molecular flexibility index (Phi) is 8.79. The van der Waals surface area contributed by atoms with Crippen LogP contribution < -0.4 is 10.1 Å². The molecule has 10 heteroatoms. The Bertz CT molecular complexity index is 1630. The molecule has 4 aromatic rings. The average molecular weight is 781 g/mol. The first kappa shape index (κ1) is 27.9. The topological polar surface area (TPSA) is 75.7 Å².